The van der Waals surface area contributed by atoms with Gasteiger partial charge in [0.05, 0.1) is 0 Å². The minimum Gasteiger partial charge on any atom is -0.344 e. The molecule has 0 aliphatic carbocycles. The molecule has 0 saturated carbocycles. The van der Waals surface area contributed by atoms with E-state index in [1.807, 2.05) is 6.08 Å². The molecule has 2 heterocycles. The van der Waals surface area contributed by atoms with E-state index >= 15 is 0 Å². The summed E-state index contributed by atoms with van der Waals surface area (Å²) in [7, 11) is 0. The van der Waals surface area contributed by atoms with E-state index in [-0.39, 0.29) is 17.1 Å². The van der Waals surface area contributed by atoms with Gasteiger partial charge in [-0.3, -0.25) is 4.79 Å². The second-order valence-electron chi connectivity index (χ2n) is 7.75. The minimum atomic E-state index is -0.632. The van der Waals surface area contributed by atoms with E-state index in [0.717, 1.165) is 5.56 Å². The molecule has 1 saturated heterocycles. The predicted octanol–water partition coefficient (Wildman–Crippen LogP) is 4.16. The summed E-state index contributed by atoms with van der Waals surface area (Å²) in [5, 5.41) is 3.26. The molecule has 3 nitrogen and oxygen atoms in total. The third kappa shape index (κ3) is 2.36. The number of nitrogens with one attached hydrogen (secondary N) is 1. The Morgan fingerprint density at radius 3 is 2.62 bits per heavy atom. The van der Waals surface area contributed by atoms with Crippen LogP contribution in [0.4, 0.5) is 10.1 Å². The molecule has 4 heteroatoms. The molecule has 134 valence electrons. The Bertz CT molecular complexity index is 901. The number of aryl methyl sites for hydroxylation is 1. The Morgan fingerprint density at radius 2 is 1.88 bits per heavy atom. The van der Waals surface area contributed by atoms with Crippen molar-refractivity contribution in [2.24, 2.45) is 0 Å². The lowest BCUT2D eigenvalue weighted by molar-refractivity contribution is -0.124. The van der Waals surface area contributed by atoms with Crippen LogP contribution in [-0.4, -0.2) is 18.1 Å². The van der Waals surface area contributed by atoms with Gasteiger partial charge >= 0.3 is 0 Å². The average Bonchev–Trinajstić information content (AvgIpc) is 2.79. The van der Waals surface area contributed by atoms with Crippen molar-refractivity contribution in [3.8, 4) is 0 Å². The smallest absolute Gasteiger partial charge is 0.223 e. The van der Waals surface area contributed by atoms with Crippen LogP contribution in [0.3, 0.4) is 0 Å². The predicted molar refractivity (Wildman–Crippen MR) is 102 cm³/mol. The Kier molecular flexibility index (Phi) is 3.69. The molecule has 1 atom stereocenters. The highest BCUT2D eigenvalue weighted by Gasteiger charge is 2.57. The summed E-state index contributed by atoms with van der Waals surface area (Å²) in [6.45, 7) is 7.12. The summed E-state index contributed by atoms with van der Waals surface area (Å²) in [5.41, 5.74) is 3.59. The lowest BCUT2D eigenvalue weighted by Gasteiger charge is -2.49. The zero-order valence-corrected chi connectivity index (χ0v) is 15.3. The van der Waals surface area contributed by atoms with E-state index in [4.69, 9.17) is 0 Å². The summed E-state index contributed by atoms with van der Waals surface area (Å²) in [4.78, 5) is 14.6. The van der Waals surface area contributed by atoms with Crippen molar-refractivity contribution in [2.45, 2.75) is 38.3 Å². The van der Waals surface area contributed by atoms with Crippen molar-refractivity contribution in [1.29, 1.82) is 0 Å². The zero-order valence-electron chi connectivity index (χ0n) is 15.3. The molecule has 1 fully saturated rings. The minimum absolute atomic E-state index is 0.0580. The molecule has 26 heavy (non-hydrogen) atoms. The first-order valence-corrected chi connectivity index (χ1v) is 8.98. The van der Waals surface area contributed by atoms with Crippen molar-refractivity contribution < 1.29 is 9.18 Å². The lowest BCUT2D eigenvalue weighted by Crippen LogP contribution is -2.68. The molecule has 0 unspecified atom stereocenters. The summed E-state index contributed by atoms with van der Waals surface area (Å²) in [5.74, 6) is -0.195. The quantitative estimate of drug-likeness (QED) is 0.882. The molecule has 0 spiro atoms. The van der Waals surface area contributed by atoms with E-state index in [2.05, 4.69) is 55.3 Å². The van der Waals surface area contributed by atoms with Crippen LogP contribution in [0.15, 0.2) is 48.5 Å². The second kappa shape index (κ2) is 5.70. The first-order chi connectivity index (χ1) is 12.3. The van der Waals surface area contributed by atoms with Crippen LogP contribution in [0.5, 0.6) is 0 Å². The Balaban J connectivity index is 1.84. The third-order valence-electron chi connectivity index (χ3n) is 5.77. The fourth-order valence-electron chi connectivity index (χ4n) is 4.26. The van der Waals surface area contributed by atoms with Gasteiger partial charge in [0, 0.05) is 24.1 Å². The maximum atomic E-state index is 13.2. The summed E-state index contributed by atoms with van der Waals surface area (Å²) < 4.78 is 13.2. The van der Waals surface area contributed by atoms with Crippen molar-refractivity contribution in [2.75, 3.05) is 11.4 Å². The van der Waals surface area contributed by atoms with Crippen LogP contribution in [0.1, 0.15) is 37.0 Å². The lowest BCUT2D eigenvalue weighted by atomic mass is 9.74. The normalized spacial score (nSPS) is 23.7. The van der Waals surface area contributed by atoms with Gasteiger partial charge < -0.3 is 10.2 Å². The molecule has 0 radical (unpaired) electrons. The molecule has 2 aromatic rings. The summed E-state index contributed by atoms with van der Waals surface area (Å²) in [6.07, 6.45) is 4.51. The van der Waals surface area contributed by atoms with Crippen LogP contribution in [0, 0.1) is 12.7 Å². The molecule has 1 amide bonds. The highest BCUT2D eigenvalue weighted by atomic mass is 19.1. The zero-order chi connectivity index (χ0) is 18.5. The van der Waals surface area contributed by atoms with E-state index < -0.39 is 5.66 Å². The van der Waals surface area contributed by atoms with Crippen molar-refractivity contribution >= 4 is 17.7 Å². The van der Waals surface area contributed by atoms with Crippen molar-refractivity contribution in [3.63, 3.8) is 0 Å². The Labute approximate surface area is 153 Å². The van der Waals surface area contributed by atoms with E-state index in [1.54, 1.807) is 12.1 Å². The van der Waals surface area contributed by atoms with E-state index in [1.165, 1.54) is 28.9 Å². The molecule has 2 aromatic carbocycles. The Morgan fingerprint density at radius 1 is 1.15 bits per heavy atom. The van der Waals surface area contributed by atoms with Gasteiger partial charge in [0.15, 0.2) is 0 Å². The van der Waals surface area contributed by atoms with Crippen molar-refractivity contribution in [3.05, 3.63) is 71.0 Å². The molecule has 2 aliphatic rings. The topological polar surface area (TPSA) is 32.3 Å². The number of hydrogen-bond donors (Lipinski definition) is 1. The van der Waals surface area contributed by atoms with E-state index in [0.29, 0.717) is 13.0 Å². The number of rotatable bonds is 2. The molecular formula is C22H23FN2O. The highest BCUT2D eigenvalue weighted by molar-refractivity contribution is 5.84. The fraction of sp³-hybridized carbons (Fsp3) is 0.318. The van der Waals surface area contributed by atoms with Crippen LogP contribution < -0.4 is 10.2 Å². The van der Waals surface area contributed by atoms with Gasteiger partial charge in [-0.15, -0.1) is 0 Å². The van der Waals surface area contributed by atoms with Crippen molar-refractivity contribution in [1.82, 2.24) is 5.32 Å². The van der Waals surface area contributed by atoms with Gasteiger partial charge in [-0.25, -0.2) is 4.39 Å². The maximum Gasteiger partial charge on any atom is 0.223 e. The largest absolute Gasteiger partial charge is 0.344 e. The molecular weight excluding hydrogens is 327 g/mol. The third-order valence-corrected chi connectivity index (χ3v) is 5.77. The second-order valence-corrected chi connectivity index (χ2v) is 7.75. The van der Waals surface area contributed by atoms with Gasteiger partial charge in [-0.05, 0) is 42.3 Å². The molecule has 1 N–H and O–H groups in total. The van der Waals surface area contributed by atoms with Gasteiger partial charge in [0.25, 0.3) is 0 Å². The monoisotopic (exact) mass is 350 g/mol. The average molecular weight is 350 g/mol. The number of anilines is 1. The van der Waals surface area contributed by atoms with Crippen LogP contribution in [-0.2, 0) is 10.2 Å². The number of halogens is 1. The summed E-state index contributed by atoms with van der Waals surface area (Å²) in [6, 6.07) is 12.9. The summed E-state index contributed by atoms with van der Waals surface area (Å²) >= 11 is 0. The first kappa shape index (κ1) is 16.8. The van der Waals surface area contributed by atoms with Crippen LogP contribution in [0.2, 0.25) is 0 Å². The van der Waals surface area contributed by atoms with Gasteiger partial charge in [-0.2, -0.15) is 0 Å². The number of fused-ring (bicyclic) bond motifs is 3. The van der Waals surface area contributed by atoms with Gasteiger partial charge in [0.1, 0.15) is 11.5 Å². The number of benzene rings is 2. The standard InChI is InChI=1S/C22H23FN2O/c1-15-4-9-19-18(14-15)21(2,3)22(24-20(26)11-13-25(19)22)12-10-16-5-7-17(23)8-6-16/h4-10,12,14H,11,13H2,1-3H3,(H,24,26)/b12-10+/t22-/m0/s1. The SMILES string of the molecule is Cc1ccc2c(c1)C(C)(C)[C@@]1(/C=C/c3ccc(F)cc3)NC(=O)CCN21. The maximum absolute atomic E-state index is 13.2. The van der Waals surface area contributed by atoms with Gasteiger partial charge in [0.2, 0.25) is 5.91 Å². The Hall–Kier alpha value is -2.62. The number of nitrogens with zero attached hydrogens (tertiary/aromatic N) is 1. The number of amides is 1. The van der Waals surface area contributed by atoms with E-state index in [9.17, 15) is 9.18 Å². The molecule has 0 aromatic heterocycles. The van der Waals surface area contributed by atoms with Crippen LogP contribution in [0.25, 0.3) is 6.08 Å². The fourth-order valence-corrected chi connectivity index (χ4v) is 4.26. The number of carbonyl (C=O) groups is 1. The van der Waals surface area contributed by atoms with Crippen LogP contribution >= 0.6 is 0 Å². The molecule has 4 rings (SSSR count). The number of hydrogen-bond acceptors (Lipinski definition) is 2. The first-order valence-electron chi connectivity index (χ1n) is 8.98. The molecule has 2 aliphatic heterocycles. The molecule has 0 bridgehead atoms. The number of carbonyl (C=O) groups excluding carboxylic acids is 1. The highest BCUT2D eigenvalue weighted by Crippen LogP contribution is 2.52. The van der Waals surface area contributed by atoms with Gasteiger partial charge in [-0.1, -0.05) is 49.8 Å².